The molecule has 10 nitrogen and oxygen atoms in total. The van der Waals surface area contributed by atoms with Gasteiger partial charge < -0.3 is 15.4 Å². The van der Waals surface area contributed by atoms with Gasteiger partial charge in [0, 0.05) is 44.6 Å². The number of nitrogens with zero attached hydrogens (tertiary/aromatic N) is 7. The summed E-state index contributed by atoms with van der Waals surface area (Å²) in [7, 11) is 0. The van der Waals surface area contributed by atoms with E-state index in [2.05, 4.69) is 49.3 Å². The molecule has 0 atom stereocenters. The van der Waals surface area contributed by atoms with Crippen molar-refractivity contribution in [1.29, 1.82) is 0 Å². The lowest BCUT2D eigenvalue weighted by molar-refractivity contribution is 0.0398. The van der Waals surface area contributed by atoms with Gasteiger partial charge in [0.05, 0.1) is 19.4 Å². The number of aromatic nitrogens is 6. The molecule has 0 amide bonds. The van der Waals surface area contributed by atoms with Gasteiger partial charge in [-0.25, -0.2) is 19.9 Å². The number of fused-ring (bicyclic) bond motifs is 1. The molecule has 4 heterocycles. The molecule has 1 fully saturated rings. The van der Waals surface area contributed by atoms with E-state index in [0.29, 0.717) is 11.8 Å². The Balaban J connectivity index is 1.57. The first kappa shape index (κ1) is 18.5. The number of rotatable bonds is 7. The van der Waals surface area contributed by atoms with E-state index in [1.54, 1.807) is 24.9 Å². The normalized spacial score (nSPS) is 15.2. The summed E-state index contributed by atoms with van der Waals surface area (Å²) in [4.78, 5) is 24.4. The van der Waals surface area contributed by atoms with Gasteiger partial charge in [0.2, 0.25) is 5.95 Å². The van der Waals surface area contributed by atoms with Crippen LogP contribution in [0, 0.1) is 0 Å². The molecule has 28 heavy (non-hydrogen) atoms. The Morgan fingerprint density at radius 2 is 2.00 bits per heavy atom. The second-order valence-electron chi connectivity index (χ2n) is 6.89. The fraction of sp³-hybridized carbons (Fsp3) is 0.500. The number of ether oxygens (including phenoxy) is 1. The Bertz CT molecular complexity index is 906. The third-order valence-corrected chi connectivity index (χ3v) is 4.62. The van der Waals surface area contributed by atoms with Crippen molar-refractivity contribution >= 4 is 28.7 Å². The average Bonchev–Trinajstić information content (AvgIpc) is 3.08. The summed E-state index contributed by atoms with van der Waals surface area (Å²) in [5.41, 5.74) is 1.52. The fourth-order valence-corrected chi connectivity index (χ4v) is 3.25. The van der Waals surface area contributed by atoms with Crippen molar-refractivity contribution in [1.82, 2.24) is 34.4 Å². The van der Waals surface area contributed by atoms with Crippen LogP contribution in [0.4, 0.5) is 17.6 Å². The van der Waals surface area contributed by atoms with Crippen LogP contribution < -0.4 is 10.6 Å². The number of hydrogen-bond acceptors (Lipinski definition) is 9. The Morgan fingerprint density at radius 1 is 1.14 bits per heavy atom. The highest BCUT2D eigenvalue weighted by Crippen LogP contribution is 2.27. The van der Waals surface area contributed by atoms with Crippen LogP contribution in [-0.2, 0) is 4.74 Å². The maximum Gasteiger partial charge on any atom is 0.211 e. The first-order chi connectivity index (χ1) is 13.7. The van der Waals surface area contributed by atoms with Crippen molar-refractivity contribution in [3.8, 4) is 0 Å². The van der Waals surface area contributed by atoms with E-state index in [-0.39, 0.29) is 6.04 Å². The smallest absolute Gasteiger partial charge is 0.211 e. The van der Waals surface area contributed by atoms with E-state index in [4.69, 9.17) is 9.72 Å². The van der Waals surface area contributed by atoms with E-state index in [1.165, 1.54) is 0 Å². The van der Waals surface area contributed by atoms with Gasteiger partial charge in [0.15, 0.2) is 22.8 Å². The van der Waals surface area contributed by atoms with Crippen LogP contribution in [0.25, 0.3) is 11.2 Å². The molecule has 0 radical (unpaired) electrons. The quantitative estimate of drug-likeness (QED) is 0.630. The van der Waals surface area contributed by atoms with Crippen LogP contribution in [0.5, 0.6) is 0 Å². The zero-order valence-electron chi connectivity index (χ0n) is 16.2. The zero-order chi connectivity index (χ0) is 19.3. The first-order valence-electron chi connectivity index (χ1n) is 9.52. The highest BCUT2D eigenvalue weighted by molar-refractivity contribution is 5.85. The second kappa shape index (κ2) is 8.44. The summed E-state index contributed by atoms with van der Waals surface area (Å²) in [5.74, 6) is 2.04. The van der Waals surface area contributed by atoms with E-state index < -0.39 is 0 Å². The summed E-state index contributed by atoms with van der Waals surface area (Å²) in [6, 6.07) is 0.167. The molecule has 0 bridgehead atoms. The fourth-order valence-electron chi connectivity index (χ4n) is 3.25. The molecule has 0 saturated carbocycles. The second-order valence-corrected chi connectivity index (χ2v) is 6.89. The van der Waals surface area contributed by atoms with Crippen LogP contribution >= 0.6 is 0 Å². The molecule has 0 aliphatic carbocycles. The topological polar surface area (TPSA) is 106 Å². The van der Waals surface area contributed by atoms with E-state index in [0.717, 1.165) is 56.4 Å². The largest absolute Gasteiger partial charge is 0.379 e. The summed E-state index contributed by atoms with van der Waals surface area (Å²) < 4.78 is 7.44. The van der Waals surface area contributed by atoms with Gasteiger partial charge in [0.1, 0.15) is 6.33 Å². The monoisotopic (exact) mass is 383 g/mol. The highest BCUT2D eigenvalue weighted by atomic mass is 16.5. The van der Waals surface area contributed by atoms with Gasteiger partial charge in [-0.05, 0) is 13.8 Å². The number of imidazole rings is 1. The minimum Gasteiger partial charge on any atom is -0.379 e. The van der Waals surface area contributed by atoms with Crippen LogP contribution in [0.2, 0.25) is 0 Å². The predicted molar refractivity (Wildman–Crippen MR) is 107 cm³/mol. The number of hydrogen-bond donors (Lipinski definition) is 2. The number of anilines is 3. The van der Waals surface area contributed by atoms with Crippen molar-refractivity contribution in [2.24, 2.45) is 0 Å². The molecule has 3 aromatic rings. The molecular formula is C18H25N9O. The lowest BCUT2D eigenvalue weighted by atomic mass is 10.4. The molecule has 148 valence electrons. The predicted octanol–water partition coefficient (Wildman–Crippen LogP) is 1.68. The van der Waals surface area contributed by atoms with Crippen molar-refractivity contribution in [2.45, 2.75) is 19.9 Å². The van der Waals surface area contributed by atoms with Gasteiger partial charge in [-0.3, -0.25) is 14.5 Å². The maximum absolute atomic E-state index is 5.40. The lowest BCUT2D eigenvalue weighted by Gasteiger charge is -2.26. The molecule has 0 aromatic carbocycles. The SMILES string of the molecule is CC(C)n1c(Nc2cnccn2)nc2c(NCCN3CCOCC3)ncnc21. The summed E-state index contributed by atoms with van der Waals surface area (Å²) in [6.07, 6.45) is 6.52. The van der Waals surface area contributed by atoms with Crippen molar-refractivity contribution in [3.05, 3.63) is 24.9 Å². The van der Waals surface area contributed by atoms with Crippen LogP contribution in [0.3, 0.4) is 0 Å². The van der Waals surface area contributed by atoms with Gasteiger partial charge >= 0.3 is 0 Å². The van der Waals surface area contributed by atoms with Crippen LogP contribution in [0.15, 0.2) is 24.9 Å². The summed E-state index contributed by atoms with van der Waals surface area (Å²) in [5, 5.41) is 6.65. The molecule has 1 aliphatic heterocycles. The lowest BCUT2D eigenvalue weighted by Crippen LogP contribution is -2.39. The average molecular weight is 383 g/mol. The highest BCUT2D eigenvalue weighted by Gasteiger charge is 2.18. The Morgan fingerprint density at radius 3 is 2.75 bits per heavy atom. The van der Waals surface area contributed by atoms with E-state index in [9.17, 15) is 0 Å². The van der Waals surface area contributed by atoms with Gasteiger partial charge in [-0.1, -0.05) is 0 Å². The van der Waals surface area contributed by atoms with Crippen LogP contribution in [-0.4, -0.2) is 73.8 Å². The summed E-state index contributed by atoms with van der Waals surface area (Å²) >= 11 is 0. The molecule has 4 rings (SSSR count). The minimum atomic E-state index is 0.167. The molecule has 1 aliphatic rings. The third kappa shape index (κ3) is 4.02. The third-order valence-electron chi connectivity index (χ3n) is 4.62. The van der Waals surface area contributed by atoms with Crippen molar-refractivity contribution in [2.75, 3.05) is 50.0 Å². The van der Waals surface area contributed by atoms with Crippen molar-refractivity contribution < 1.29 is 4.74 Å². The van der Waals surface area contributed by atoms with E-state index in [1.807, 2.05) is 4.57 Å². The minimum absolute atomic E-state index is 0.167. The standard InChI is InChI=1S/C18H25N9O/c1-13(2)27-17-15(25-18(27)24-14-11-19-3-4-20-14)16(22-12-23-17)21-5-6-26-7-9-28-10-8-26/h3-4,11-13H,5-10H2,1-2H3,(H,20,24,25)(H,21,22,23). The molecule has 3 aromatic heterocycles. The first-order valence-corrected chi connectivity index (χ1v) is 9.52. The Kier molecular flexibility index (Phi) is 5.58. The van der Waals surface area contributed by atoms with Gasteiger partial charge in [0.25, 0.3) is 0 Å². The number of nitrogens with one attached hydrogen (secondary N) is 2. The van der Waals surface area contributed by atoms with E-state index >= 15 is 0 Å². The Hall–Kier alpha value is -2.85. The molecule has 0 spiro atoms. The Labute approximate surface area is 163 Å². The molecule has 2 N–H and O–H groups in total. The molecule has 1 saturated heterocycles. The summed E-state index contributed by atoms with van der Waals surface area (Å²) in [6.45, 7) is 9.44. The van der Waals surface area contributed by atoms with Crippen molar-refractivity contribution in [3.63, 3.8) is 0 Å². The van der Waals surface area contributed by atoms with Gasteiger partial charge in [-0.2, -0.15) is 0 Å². The molecular weight excluding hydrogens is 358 g/mol. The molecule has 0 unspecified atom stereocenters. The van der Waals surface area contributed by atoms with Crippen LogP contribution in [0.1, 0.15) is 19.9 Å². The number of morpholine rings is 1. The van der Waals surface area contributed by atoms with Gasteiger partial charge in [-0.15, -0.1) is 0 Å². The maximum atomic E-state index is 5.40. The molecule has 10 heteroatoms. The zero-order valence-corrected chi connectivity index (χ0v) is 16.2.